The number of benzene rings is 2. The van der Waals surface area contributed by atoms with Crippen molar-refractivity contribution in [2.75, 3.05) is 0 Å². The van der Waals surface area contributed by atoms with Crippen LogP contribution in [0, 0.1) is 0 Å². The highest BCUT2D eigenvalue weighted by atomic mass is 35.5. The molecule has 0 spiro atoms. The number of halogens is 1. The van der Waals surface area contributed by atoms with Gasteiger partial charge in [-0.3, -0.25) is 0 Å². The second-order valence-corrected chi connectivity index (χ2v) is 4.55. The Morgan fingerprint density at radius 3 is 2.41 bits per heavy atom. The zero-order chi connectivity index (χ0) is 11.7. The number of hydrogen-bond acceptors (Lipinski definition) is 1. The number of fused-ring (bicyclic) bond motifs is 1. The lowest BCUT2D eigenvalue weighted by atomic mass is 10.0. The standard InChI is InChI=1S/C15H11ClO/c16-15(13-7-2-1-3-8-13)11-10-12-6-4-5-9-14(12)17-15/h1-11H. The van der Waals surface area contributed by atoms with Crippen LogP contribution in [0.5, 0.6) is 5.75 Å². The van der Waals surface area contributed by atoms with Crippen LogP contribution in [0.25, 0.3) is 6.08 Å². The first-order valence-corrected chi connectivity index (χ1v) is 5.87. The Labute approximate surface area is 105 Å². The molecule has 1 heterocycles. The summed E-state index contributed by atoms with van der Waals surface area (Å²) in [6.07, 6.45) is 3.88. The molecule has 1 aliphatic rings. The fourth-order valence-electron chi connectivity index (χ4n) is 1.92. The Morgan fingerprint density at radius 2 is 1.59 bits per heavy atom. The molecule has 0 saturated heterocycles. The van der Waals surface area contributed by atoms with Crippen LogP contribution in [-0.2, 0) is 5.06 Å². The van der Waals surface area contributed by atoms with Crippen molar-refractivity contribution in [1.82, 2.24) is 0 Å². The van der Waals surface area contributed by atoms with Crippen LogP contribution in [0.1, 0.15) is 11.1 Å². The third-order valence-corrected chi connectivity index (χ3v) is 3.24. The lowest BCUT2D eigenvalue weighted by Gasteiger charge is -2.29. The van der Waals surface area contributed by atoms with Gasteiger partial charge >= 0.3 is 0 Å². The van der Waals surface area contributed by atoms with E-state index in [1.54, 1.807) is 0 Å². The predicted octanol–water partition coefficient (Wildman–Crippen LogP) is 4.18. The van der Waals surface area contributed by atoms with Gasteiger partial charge in [0.1, 0.15) is 5.75 Å². The van der Waals surface area contributed by atoms with Gasteiger partial charge in [-0.25, -0.2) is 0 Å². The fourth-order valence-corrected chi connectivity index (χ4v) is 2.19. The second kappa shape index (κ2) is 3.94. The Balaban J connectivity index is 2.04. The molecule has 84 valence electrons. The topological polar surface area (TPSA) is 9.23 Å². The van der Waals surface area contributed by atoms with Gasteiger partial charge in [0.2, 0.25) is 5.06 Å². The van der Waals surface area contributed by atoms with Crippen molar-refractivity contribution < 1.29 is 4.74 Å². The Morgan fingerprint density at radius 1 is 0.882 bits per heavy atom. The molecule has 0 aliphatic carbocycles. The van der Waals surface area contributed by atoms with Crippen LogP contribution in [0.3, 0.4) is 0 Å². The summed E-state index contributed by atoms with van der Waals surface area (Å²) < 4.78 is 5.88. The van der Waals surface area contributed by atoms with E-state index in [4.69, 9.17) is 16.3 Å². The highest BCUT2D eigenvalue weighted by Gasteiger charge is 2.31. The molecule has 0 bridgehead atoms. The largest absolute Gasteiger partial charge is 0.464 e. The SMILES string of the molecule is ClC1(c2ccccc2)C=Cc2ccccc2O1. The molecule has 2 heteroatoms. The Kier molecular flexibility index (Phi) is 2.41. The molecular formula is C15H11ClO. The third kappa shape index (κ3) is 1.83. The van der Waals surface area contributed by atoms with Crippen molar-refractivity contribution in [3.8, 4) is 5.75 Å². The second-order valence-electron chi connectivity index (χ2n) is 3.98. The van der Waals surface area contributed by atoms with Crippen LogP contribution in [0.15, 0.2) is 60.7 Å². The molecule has 0 aromatic heterocycles. The Hall–Kier alpha value is -1.73. The summed E-state index contributed by atoms with van der Waals surface area (Å²) in [6.45, 7) is 0. The highest BCUT2D eigenvalue weighted by molar-refractivity contribution is 6.25. The summed E-state index contributed by atoms with van der Waals surface area (Å²) >= 11 is 6.52. The number of hydrogen-bond donors (Lipinski definition) is 0. The van der Waals surface area contributed by atoms with Gasteiger partial charge in [0.05, 0.1) is 0 Å². The molecule has 0 amide bonds. The summed E-state index contributed by atoms with van der Waals surface area (Å²) in [5, 5.41) is -0.893. The van der Waals surface area contributed by atoms with Crippen molar-refractivity contribution in [3.05, 3.63) is 71.8 Å². The van der Waals surface area contributed by atoms with Crippen LogP contribution < -0.4 is 4.74 Å². The zero-order valence-electron chi connectivity index (χ0n) is 9.14. The molecule has 0 N–H and O–H groups in total. The van der Waals surface area contributed by atoms with Crippen LogP contribution >= 0.6 is 11.6 Å². The molecule has 1 unspecified atom stereocenters. The van der Waals surface area contributed by atoms with Gasteiger partial charge in [-0.2, -0.15) is 0 Å². The maximum absolute atomic E-state index is 6.52. The lowest BCUT2D eigenvalue weighted by molar-refractivity contribution is 0.207. The summed E-state index contributed by atoms with van der Waals surface area (Å²) in [5.41, 5.74) is 1.99. The van der Waals surface area contributed by atoms with Gasteiger partial charge in [-0.1, -0.05) is 60.1 Å². The van der Waals surface area contributed by atoms with Crippen molar-refractivity contribution in [1.29, 1.82) is 0 Å². The minimum atomic E-state index is -0.893. The number of rotatable bonds is 1. The van der Waals surface area contributed by atoms with Crippen molar-refractivity contribution in [2.24, 2.45) is 0 Å². The van der Waals surface area contributed by atoms with Gasteiger partial charge in [-0.15, -0.1) is 0 Å². The van der Waals surface area contributed by atoms with Gasteiger partial charge in [0.25, 0.3) is 0 Å². The van der Waals surface area contributed by atoms with Crippen molar-refractivity contribution in [2.45, 2.75) is 5.06 Å². The zero-order valence-corrected chi connectivity index (χ0v) is 9.89. The molecular weight excluding hydrogens is 232 g/mol. The van der Waals surface area contributed by atoms with E-state index >= 15 is 0 Å². The normalized spacial score (nSPS) is 21.7. The first-order valence-electron chi connectivity index (χ1n) is 5.50. The van der Waals surface area contributed by atoms with Gasteiger partial charge < -0.3 is 4.74 Å². The first kappa shape index (κ1) is 10.4. The van der Waals surface area contributed by atoms with E-state index in [1.807, 2.05) is 66.7 Å². The molecule has 0 radical (unpaired) electrons. The van der Waals surface area contributed by atoms with E-state index in [0.29, 0.717) is 0 Å². The summed E-state index contributed by atoms with van der Waals surface area (Å²) in [7, 11) is 0. The van der Waals surface area contributed by atoms with E-state index in [9.17, 15) is 0 Å². The summed E-state index contributed by atoms with van der Waals surface area (Å²) in [5.74, 6) is 0.814. The first-order chi connectivity index (χ1) is 8.28. The number of alkyl halides is 1. The lowest BCUT2D eigenvalue weighted by Crippen LogP contribution is -2.26. The van der Waals surface area contributed by atoms with Gasteiger partial charge in [0.15, 0.2) is 0 Å². The Bertz CT molecular complexity index is 562. The molecule has 2 aromatic carbocycles. The quantitative estimate of drug-likeness (QED) is 0.682. The maximum atomic E-state index is 6.52. The number of ether oxygens (including phenoxy) is 1. The van der Waals surface area contributed by atoms with Crippen LogP contribution in [0.2, 0.25) is 0 Å². The van der Waals surface area contributed by atoms with E-state index in [-0.39, 0.29) is 0 Å². The minimum Gasteiger partial charge on any atom is -0.464 e. The predicted molar refractivity (Wildman–Crippen MR) is 70.1 cm³/mol. The average Bonchev–Trinajstić information content (AvgIpc) is 2.40. The van der Waals surface area contributed by atoms with Crippen LogP contribution in [0.4, 0.5) is 0 Å². The molecule has 0 saturated carbocycles. The minimum absolute atomic E-state index is 0.814. The fraction of sp³-hybridized carbons (Fsp3) is 0.0667. The molecule has 1 atom stereocenters. The molecule has 1 nitrogen and oxygen atoms in total. The van der Waals surface area contributed by atoms with E-state index in [1.165, 1.54) is 0 Å². The van der Waals surface area contributed by atoms with E-state index in [2.05, 4.69) is 0 Å². The highest BCUT2D eigenvalue weighted by Crippen LogP contribution is 2.39. The third-order valence-electron chi connectivity index (χ3n) is 2.82. The van der Waals surface area contributed by atoms with Gasteiger partial charge in [0, 0.05) is 11.1 Å². The molecule has 1 aliphatic heterocycles. The molecule has 0 fully saturated rings. The number of para-hydroxylation sites is 1. The summed E-state index contributed by atoms with van der Waals surface area (Å²) in [4.78, 5) is 0. The smallest absolute Gasteiger partial charge is 0.227 e. The van der Waals surface area contributed by atoms with Gasteiger partial charge in [-0.05, 0) is 18.2 Å². The monoisotopic (exact) mass is 242 g/mol. The maximum Gasteiger partial charge on any atom is 0.227 e. The van der Waals surface area contributed by atoms with E-state index in [0.717, 1.165) is 16.9 Å². The molecule has 17 heavy (non-hydrogen) atoms. The average molecular weight is 243 g/mol. The molecule has 2 aromatic rings. The van der Waals surface area contributed by atoms with E-state index < -0.39 is 5.06 Å². The molecule has 3 rings (SSSR count). The summed E-state index contributed by atoms with van der Waals surface area (Å²) in [6, 6.07) is 17.7. The van der Waals surface area contributed by atoms with Crippen LogP contribution in [-0.4, -0.2) is 0 Å². The van der Waals surface area contributed by atoms with Crippen molar-refractivity contribution >= 4 is 17.7 Å². The van der Waals surface area contributed by atoms with Crippen molar-refractivity contribution in [3.63, 3.8) is 0 Å².